The summed E-state index contributed by atoms with van der Waals surface area (Å²) in [5.41, 5.74) is 3.46. The molecule has 2 N–H and O–H groups in total. The lowest BCUT2D eigenvalue weighted by Crippen LogP contribution is -2.38. The van der Waals surface area contributed by atoms with Crippen LogP contribution in [0.25, 0.3) is 0 Å². The molecule has 0 bridgehead atoms. The Bertz CT molecular complexity index is 523. The van der Waals surface area contributed by atoms with Crippen molar-refractivity contribution in [1.29, 1.82) is 0 Å². The molecular formula is C16H20N2O. The summed E-state index contributed by atoms with van der Waals surface area (Å²) >= 11 is 0. The fourth-order valence-electron chi connectivity index (χ4n) is 3.68. The minimum absolute atomic E-state index is 0.0239. The number of hydrogen-bond acceptors (Lipinski definition) is 1. The Labute approximate surface area is 113 Å². The van der Waals surface area contributed by atoms with Gasteiger partial charge in [0, 0.05) is 18.0 Å². The molecule has 3 aliphatic rings. The molecule has 1 spiro atoms. The van der Waals surface area contributed by atoms with E-state index in [1.807, 2.05) is 0 Å². The summed E-state index contributed by atoms with van der Waals surface area (Å²) in [6, 6.07) is 9.29. The zero-order valence-corrected chi connectivity index (χ0v) is 11.1. The highest BCUT2D eigenvalue weighted by atomic mass is 16.2. The maximum Gasteiger partial charge on any atom is 0.315 e. The smallest absolute Gasteiger partial charge is 0.315 e. The highest BCUT2D eigenvalue weighted by Crippen LogP contribution is 2.61. The third-order valence-electron chi connectivity index (χ3n) is 5.05. The Hall–Kier alpha value is -1.51. The summed E-state index contributed by atoms with van der Waals surface area (Å²) in [5, 5.41) is 6.03. The van der Waals surface area contributed by atoms with E-state index in [9.17, 15) is 4.79 Å². The zero-order valence-electron chi connectivity index (χ0n) is 11.1. The van der Waals surface area contributed by atoms with Crippen LogP contribution in [-0.2, 0) is 11.8 Å². The number of urea groups is 1. The quantitative estimate of drug-likeness (QED) is 0.856. The van der Waals surface area contributed by atoms with Gasteiger partial charge >= 0.3 is 6.03 Å². The van der Waals surface area contributed by atoms with Crippen molar-refractivity contribution in [2.45, 2.75) is 43.6 Å². The maximum absolute atomic E-state index is 11.7. The molecule has 0 heterocycles. The summed E-state index contributed by atoms with van der Waals surface area (Å²) in [4.78, 5) is 11.7. The van der Waals surface area contributed by atoms with E-state index >= 15 is 0 Å². The van der Waals surface area contributed by atoms with Crippen LogP contribution in [0, 0.1) is 5.92 Å². The minimum Gasteiger partial charge on any atom is -0.338 e. The molecule has 19 heavy (non-hydrogen) atoms. The van der Waals surface area contributed by atoms with Crippen LogP contribution in [0.3, 0.4) is 0 Å². The van der Waals surface area contributed by atoms with Crippen molar-refractivity contribution in [3.05, 3.63) is 35.4 Å². The molecule has 2 amide bonds. The summed E-state index contributed by atoms with van der Waals surface area (Å²) in [7, 11) is 0. The molecule has 2 atom stereocenters. The molecule has 0 unspecified atom stereocenters. The molecule has 0 aromatic heterocycles. The number of nitrogens with one attached hydrogen (secondary N) is 2. The van der Waals surface area contributed by atoms with E-state index in [0.717, 1.165) is 19.4 Å². The van der Waals surface area contributed by atoms with Crippen LogP contribution in [0.4, 0.5) is 4.79 Å². The molecule has 3 heteroatoms. The van der Waals surface area contributed by atoms with Gasteiger partial charge in [0.05, 0.1) is 0 Å². The van der Waals surface area contributed by atoms with Gasteiger partial charge in [0.2, 0.25) is 0 Å². The van der Waals surface area contributed by atoms with Crippen LogP contribution >= 0.6 is 0 Å². The molecule has 3 nitrogen and oxygen atoms in total. The molecule has 3 aliphatic carbocycles. The SMILES string of the molecule is O=C(NC[C@H]1C[C@]12CCc1ccccc12)NC1CC1. The van der Waals surface area contributed by atoms with Crippen LogP contribution in [0.2, 0.25) is 0 Å². The number of fused-ring (bicyclic) bond motifs is 2. The van der Waals surface area contributed by atoms with Crippen LogP contribution in [-0.4, -0.2) is 18.6 Å². The average Bonchev–Trinajstić information content (AvgIpc) is 3.30. The van der Waals surface area contributed by atoms with Crippen molar-refractivity contribution in [2.75, 3.05) is 6.54 Å². The minimum atomic E-state index is 0.0239. The third kappa shape index (κ3) is 1.92. The van der Waals surface area contributed by atoms with E-state index in [4.69, 9.17) is 0 Å². The van der Waals surface area contributed by atoms with Crippen LogP contribution in [0.15, 0.2) is 24.3 Å². The van der Waals surface area contributed by atoms with Crippen molar-refractivity contribution in [3.8, 4) is 0 Å². The largest absolute Gasteiger partial charge is 0.338 e. The van der Waals surface area contributed by atoms with E-state index in [2.05, 4.69) is 34.9 Å². The van der Waals surface area contributed by atoms with Gasteiger partial charge in [0.25, 0.3) is 0 Å². The fraction of sp³-hybridized carbons (Fsp3) is 0.562. The number of benzene rings is 1. The standard InChI is InChI=1S/C16H20N2O/c19-15(18-13-5-6-13)17-10-12-9-16(12)8-7-11-3-1-2-4-14(11)16/h1-4,12-13H,5-10H2,(H2,17,18,19)/t12-,16-/m1/s1. The first-order valence-corrected chi connectivity index (χ1v) is 7.41. The molecule has 0 aliphatic heterocycles. The second kappa shape index (κ2) is 3.99. The molecule has 4 rings (SSSR count). The van der Waals surface area contributed by atoms with E-state index in [1.165, 1.54) is 24.8 Å². The number of aryl methyl sites for hydroxylation is 1. The molecule has 100 valence electrons. The Morgan fingerprint density at radius 3 is 3.00 bits per heavy atom. The Morgan fingerprint density at radius 2 is 2.16 bits per heavy atom. The lowest BCUT2D eigenvalue weighted by molar-refractivity contribution is 0.239. The van der Waals surface area contributed by atoms with E-state index in [0.29, 0.717) is 17.4 Å². The predicted octanol–water partition coefficient (Wildman–Crippen LogP) is 2.35. The normalized spacial score (nSPS) is 31.1. The monoisotopic (exact) mass is 256 g/mol. The summed E-state index contributed by atoms with van der Waals surface area (Å²) in [5.74, 6) is 0.640. The highest BCUT2D eigenvalue weighted by Gasteiger charge is 2.57. The zero-order chi connectivity index (χ0) is 12.9. The van der Waals surface area contributed by atoms with E-state index in [-0.39, 0.29) is 6.03 Å². The summed E-state index contributed by atoms with van der Waals surface area (Å²) in [6.07, 6.45) is 6.01. The van der Waals surface area contributed by atoms with Crippen molar-refractivity contribution >= 4 is 6.03 Å². The van der Waals surface area contributed by atoms with Crippen LogP contribution < -0.4 is 10.6 Å². The number of amides is 2. The third-order valence-corrected chi connectivity index (χ3v) is 5.05. The Kier molecular flexibility index (Phi) is 2.38. The molecule has 0 saturated heterocycles. The first kappa shape index (κ1) is 11.3. The van der Waals surface area contributed by atoms with Crippen molar-refractivity contribution in [1.82, 2.24) is 10.6 Å². The van der Waals surface area contributed by atoms with Gasteiger partial charge in [-0.3, -0.25) is 0 Å². The number of carbonyl (C=O) groups excluding carboxylic acids is 1. The lowest BCUT2D eigenvalue weighted by Gasteiger charge is -2.12. The molecule has 1 aromatic rings. The predicted molar refractivity (Wildman–Crippen MR) is 74.1 cm³/mol. The van der Waals surface area contributed by atoms with Crippen molar-refractivity contribution in [2.24, 2.45) is 5.92 Å². The maximum atomic E-state index is 11.7. The second-order valence-corrected chi connectivity index (χ2v) is 6.34. The molecule has 1 aromatic carbocycles. The highest BCUT2D eigenvalue weighted by molar-refractivity contribution is 5.74. The molecular weight excluding hydrogens is 236 g/mol. The van der Waals surface area contributed by atoms with Crippen LogP contribution in [0.1, 0.15) is 36.8 Å². The molecule has 2 saturated carbocycles. The van der Waals surface area contributed by atoms with E-state index < -0.39 is 0 Å². The Morgan fingerprint density at radius 1 is 1.32 bits per heavy atom. The van der Waals surface area contributed by atoms with Gasteiger partial charge in [0.1, 0.15) is 0 Å². The van der Waals surface area contributed by atoms with Crippen molar-refractivity contribution in [3.63, 3.8) is 0 Å². The fourth-order valence-corrected chi connectivity index (χ4v) is 3.68. The van der Waals surface area contributed by atoms with Gasteiger partial charge in [-0.15, -0.1) is 0 Å². The average molecular weight is 256 g/mol. The summed E-state index contributed by atoms with van der Waals surface area (Å²) < 4.78 is 0. The lowest BCUT2D eigenvalue weighted by atomic mass is 9.95. The molecule has 2 fully saturated rings. The first-order chi connectivity index (χ1) is 9.28. The van der Waals surface area contributed by atoms with Gasteiger partial charge < -0.3 is 10.6 Å². The molecule has 0 radical (unpaired) electrons. The first-order valence-electron chi connectivity index (χ1n) is 7.41. The van der Waals surface area contributed by atoms with Gasteiger partial charge in [-0.2, -0.15) is 0 Å². The van der Waals surface area contributed by atoms with Crippen LogP contribution in [0.5, 0.6) is 0 Å². The van der Waals surface area contributed by atoms with Gasteiger partial charge in [-0.1, -0.05) is 24.3 Å². The number of hydrogen-bond donors (Lipinski definition) is 2. The van der Waals surface area contributed by atoms with E-state index in [1.54, 1.807) is 5.56 Å². The number of rotatable bonds is 3. The number of carbonyl (C=O) groups is 1. The second-order valence-electron chi connectivity index (χ2n) is 6.34. The summed E-state index contributed by atoms with van der Waals surface area (Å²) in [6.45, 7) is 0.826. The van der Waals surface area contributed by atoms with Crippen molar-refractivity contribution < 1.29 is 4.79 Å². The van der Waals surface area contributed by atoms with Gasteiger partial charge in [0.15, 0.2) is 0 Å². The Balaban J connectivity index is 1.37. The topological polar surface area (TPSA) is 41.1 Å². The van der Waals surface area contributed by atoms with Gasteiger partial charge in [-0.25, -0.2) is 4.79 Å². The van der Waals surface area contributed by atoms with Gasteiger partial charge in [-0.05, 0) is 49.1 Å².